The topological polar surface area (TPSA) is 652 Å². The molecule has 9 rings (SSSR count). The summed E-state index contributed by atoms with van der Waals surface area (Å²) in [5, 5.41) is 61.8. The molecule has 17 amide bonds. The van der Waals surface area contributed by atoms with E-state index in [9.17, 15) is 48.6 Å². The lowest BCUT2D eigenvalue weighted by Gasteiger charge is -2.36. The van der Waals surface area contributed by atoms with Crippen molar-refractivity contribution in [3.05, 3.63) is 119 Å². The van der Waals surface area contributed by atoms with E-state index in [0.717, 1.165) is 41.4 Å². The quantitative estimate of drug-likeness (QED) is 0.0155. The van der Waals surface area contributed by atoms with E-state index in [2.05, 4.69) is 73.4 Å². The van der Waals surface area contributed by atoms with Crippen molar-refractivity contribution in [1.29, 1.82) is 5.41 Å². The number of aliphatic hydroxyl groups excluding tert-OH is 1. The summed E-state index contributed by atoms with van der Waals surface area (Å²) >= 11 is 2.12. The number of fused-ring (bicyclic) bond motifs is 4. The number of thiophene rings is 1. The summed E-state index contributed by atoms with van der Waals surface area (Å²) in [6.07, 6.45) is 4.01. The molecule has 0 saturated carbocycles. The number of hydrogen-bond acceptors (Lipinski definition) is 24. The Labute approximate surface area is 795 Å². The van der Waals surface area contributed by atoms with Crippen molar-refractivity contribution < 1.29 is 91.7 Å². The number of hydrogen-bond donors (Lipinski definition) is 20. The summed E-state index contributed by atoms with van der Waals surface area (Å²) in [6, 6.07) is -2.47. The molecule has 0 radical (unpaired) electrons. The van der Waals surface area contributed by atoms with Gasteiger partial charge in [0.15, 0.2) is 5.96 Å². The number of unbranched alkanes of at least 4 members (excludes halogenated alkanes) is 2. The van der Waals surface area contributed by atoms with Crippen LogP contribution >= 0.6 is 23.1 Å². The van der Waals surface area contributed by atoms with Crippen molar-refractivity contribution in [1.82, 2.24) is 97.9 Å². The maximum atomic E-state index is 15.8. The number of aromatic hydroxyl groups is 1. The van der Waals surface area contributed by atoms with Gasteiger partial charge in [0.1, 0.15) is 90.3 Å². The Hall–Kier alpha value is -13.3. The lowest BCUT2D eigenvalue weighted by Crippen LogP contribution is -2.62. The highest BCUT2D eigenvalue weighted by Gasteiger charge is 2.47. The van der Waals surface area contributed by atoms with Crippen molar-refractivity contribution in [2.75, 3.05) is 65.4 Å². The van der Waals surface area contributed by atoms with Crippen LogP contribution in [0.3, 0.4) is 0 Å². The molecule has 3 aromatic heterocycles. The minimum absolute atomic E-state index is 0.00657. The Morgan fingerprint density at radius 2 is 1.15 bits per heavy atom. The second-order valence-corrected chi connectivity index (χ2v) is 36.9. The van der Waals surface area contributed by atoms with Crippen LogP contribution in [0.5, 0.6) is 5.75 Å². The van der Waals surface area contributed by atoms with Gasteiger partial charge in [0.05, 0.1) is 31.7 Å². The number of H-pyrrole nitrogens is 2. The number of imidazole rings is 1. The fourth-order valence-corrected chi connectivity index (χ4v) is 18.6. The number of thioether (sulfide) groups is 1. The van der Waals surface area contributed by atoms with Crippen molar-refractivity contribution >= 4 is 150 Å². The predicted molar refractivity (Wildman–Crippen MR) is 505 cm³/mol. The zero-order valence-corrected chi connectivity index (χ0v) is 79.2. The van der Waals surface area contributed by atoms with Gasteiger partial charge in [0, 0.05) is 112 Å². The van der Waals surface area contributed by atoms with Gasteiger partial charge in [-0.2, -0.15) is 0 Å². The Morgan fingerprint density at radius 3 is 1.81 bits per heavy atom. The van der Waals surface area contributed by atoms with Crippen LogP contribution in [-0.4, -0.2) is 312 Å². The molecule has 13 unspecified atom stereocenters. The van der Waals surface area contributed by atoms with Gasteiger partial charge in [-0.1, -0.05) is 102 Å². The van der Waals surface area contributed by atoms with Crippen LogP contribution in [0.15, 0.2) is 96.9 Å². The molecule has 3 aliphatic rings. The number of nitrogens with one attached hydrogen (secondary N) is 14. The van der Waals surface area contributed by atoms with E-state index < -0.39 is 228 Å². The minimum Gasteiger partial charge on any atom is -0.508 e. The zero-order valence-electron chi connectivity index (χ0n) is 77.6. The first-order valence-electron chi connectivity index (χ1n) is 45.5. The Balaban J connectivity index is 1.10. The van der Waals surface area contributed by atoms with E-state index >= 15 is 43.2 Å². The summed E-state index contributed by atoms with van der Waals surface area (Å²) in [4.78, 5) is 267. The normalized spacial score (nSPS) is 24.7. The molecule has 136 heavy (non-hydrogen) atoms. The number of likely N-dealkylation sites (N-methyl/N-ethyl adjacent to an activating group) is 3. The van der Waals surface area contributed by atoms with Crippen molar-refractivity contribution in [2.24, 2.45) is 28.9 Å². The molecule has 0 spiro atoms. The molecule has 0 bridgehead atoms. The molecule has 0 aliphatic carbocycles. The SMILES string of the molecule is CCCCC1C(=O)N(C)C(CCCC)C(=O)NC(CCCNC(=N)N)C(=O)N[C@H](C(=O)NCC(N)=O)CSCC(=O)NC(Cc2ccc(O)cc2)C(=O)N(C)C(C)C(=O)NC(CC(N)=O)C(=O)N2CC(N)CC2C(=O)NC(Cc2cnc[nH]2)C(=O)NC(CC(C)C)C(=O)N2CCCC2C(=O)NC(Cc2c[nH]c3ccccc23)C(=O)N[C@@H](CO)C(=O)NC(Cc2csc3ccccc23)C(=O)N1C. The molecular weight excluding hydrogens is 1800 g/mol. The molecule has 6 heterocycles. The van der Waals surface area contributed by atoms with Crippen molar-refractivity contribution in [2.45, 2.75) is 234 Å². The predicted octanol–water partition coefficient (Wildman–Crippen LogP) is -2.23. The first-order valence-corrected chi connectivity index (χ1v) is 47.6. The molecule has 15 atom stereocenters. The number of guanidine groups is 1. The van der Waals surface area contributed by atoms with Crippen molar-refractivity contribution in [3.63, 3.8) is 0 Å². The molecule has 3 fully saturated rings. The van der Waals surface area contributed by atoms with E-state index in [-0.39, 0.29) is 108 Å². The van der Waals surface area contributed by atoms with E-state index in [1.54, 1.807) is 55.8 Å². The monoisotopic (exact) mass is 1920 g/mol. The number of phenols is 1. The van der Waals surface area contributed by atoms with Crippen LogP contribution in [0.1, 0.15) is 140 Å². The number of primary amides is 2. The maximum Gasteiger partial charge on any atom is 0.246 e. The number of nitrogens with zero attached hydrogens (tertiary/aromatic N) is 6. The van der Waals surface area contributed by atoms with Crippen LogP contribution in [0.2, 0.25) is 0 Å². The molecule has 3 aliphatic heterocycles. The van der Waals surface area contributed by atoms with Gasteiger partial charge < -0.3 is 126 Å². The first kappa shape index (κ1) is 106. The number of phenolic OH excluding ortho intramolecular Hbond substituents is 1. The molecule has 3 saturated heterocycles. The van der Waals surface area contributed by atoms with E-state index in [1.807, 2.05) is 32.0 Å². The number of aromatic amines is 2. The van der Waals surface area contributed by atoms with Crippen LogP contribution in [0.4, 0.5) is 0 Å². The third kappa shape index (κ3) is 29.6. The average molecular weight is 1930 g/mol. The maximum absolute atomic E-state index is 15.8. The van der Waals surface area contributed by atoms with Crippen LogP contribution in [0, 0.1) is 11.3 Å². The number of carbonyl (C=O) groups is 17. The third-order valence-electron chi connectivity index (χ3n) is 24.3. The van der Waals surface area contributed by atoms with Gasteiger partial charge in [0.25, 0.3) is 0 Å². The largest absolute Gasteiger partial charge is 0.508 e. The molecular formula is C91H128N24O19S2. The molecule has 43 nitrogen and oxygen atoms in total. The number of aromatic nitrogens is 3. The standard InChI is InChI=1S/C91H128N24O19S2/c1-9-11-23-69-83(127)103-60(22-17-31-98-91(95)96)79(123)110-68(78(122)100-42-75(94)119)46-135-47-76(120)102-64(34-51-27-29-56(117)30-28-51)86(130)111(6)50(5)77(121)106-66(39-74(93)118)89(133)115-43-54(92)37-72(115)85(129)105-62(38-55-41-97-48-101-55)81(125)107-63(33-49(3)4)88(132)114-32-18-25-70(114)84(128)104-61(35-52-40-99-59-21-15-13-19-57(52)59)80(124)109-67(44-116)82(126)108-65(36-53-45-136-73-26-16-14-20-58(53)73)87(131)113(8)71(24-12-10-2)90(134)112(69)7/h13-16,19-21,26-30,40-41,45,48-50,54,60-72,99,116-117H,9-12,17-18,22-25,31-39,42-44,46-47,92H2,1-8H3,(H2,93,118)(H2,94,119)(H,97,101)(H,100,122)(H,102,120)(H,103,127)(H,104,128)(H,105,129)(H,106,121)(H,107,125)(H,108,126)(H,109,124)(H,110,123)(H4,95,96,98)/t50?,54?,60?,61?,62?,63?,64?,65?,66?,67-,68-,69?,70?,71?,72?/m0/s1. The van der Waals surface area contributed by atoms with E-state index in [0.29, 0.717) is 59.0 Å². The number of amides is 17. The van der Waals surface area contributed by atoms with Gasteiger partial charge in [-0.25, -0.2) is 4.98 Å². The van der Waals surface area contributed by atoms with Crippen LogP contribution < -0.4 is 81.4 Å². The molecule has 6 aromatic rings. The minimum atomic E-state index is -1.85. The zero-order chi connectivity index (χ0) is 99.3. The summed E-state index contributed by atoms with van der Waals surface area (Å²) in [5.74, 6) is -17.7. The first-order chi connectivity index (χ1) is 64.8. The molecule has 24 N–H and O–H groups in total. The second kappa shape index (κ2) is 50.9. The highest BCUT2D eigenvalue weighted by Crippen LogP contribution is 2.30. The summed E-state index contributed by atoms with van der Waals surface area (Å²) in [5.41, 5.74) is 25.8. The Kier molecular flexibility index (Phi) is 39.8. The van der Waals surface area contributed by atoms with E-state index in [1.165, 1.54) is 81.1 Å². The van der Waals surface area contributed by atoms with E-state index in [4.69, 9.17) is 28.3 Å². The lowest BCUT2D eigenvalue weighted by molar-refractivity contribution is -0.149. The van der Waals surface area contributed by atoms with Gasteiger partial charge in [-0.15, -0.1) is 23.1 Å². The number of benzene rings is 3. The van der Waals surface area contributed by atoms with Crippen LogP contribution in [0.25, 0.3) is 21.0 Å². The van der Waals surface area contributed by atoms with Crippen molar-refractivity contribution in [3.8, 4) is 5.75 Å². The van der Waals surface area contributed by atoms with Crippen LogP contribution in [-0.2, 0) is 107 Å². The smallest absolute Gasteiger partial charge is 0.246 e. The van der Waals surface area contributed by atoms with Gasteiger partial charge in [0.2, 0.25) is 100 Å². The second-order valence-electron chi connectivity index (χ2n) is 35.0. The average Bonchev–Trinajstić information content (AvgIpc) is 1.65. The highest BCUT2D eigenvalue weighted by atomic mass is 32.2. The van der Waals surface area contributed by atoms with Gasteiger partial charge >= 0.3 is 0 Å². The van der Waals surface area contributed by atoms with Gasteiger partial charge in [-0.3, -0.25) is 86.9 Å². The lowest BCUT2D eigenvalue weighted by atomic mass is 10.00. The summed E-state index contributed by atoms with van der Waals surface area (Å²) in [7, 11) is 3.93. The number of nitrogens with two attached hydrogens (primary N) is 4. The fourth-order valence-electron chi connectivity index (χ4n) is 16.7. The molecule has 738 valence electrons. The number of rotatable bonds is 26. The number of carbonyl (C=O) groups excluding carboxylic acids is 17. The Bertz CT molecular complexity index is 5250. The highest BCUT2D eigenvalue weighted by molar-refractivity contribution is 8.00. The van der Waals surface area contributed by atoms with Gasteiger partial charge in [-0.05, 0) is 116 Å². The number of aliphatic hydroxyl groups is 1. The Morgan fingerprint density at radius 1 is 0.574 bits per heavy atom. The fraction of sp³-hybridized carbons (Fsp3) is 0.527. The molecule has 3 aromatic carbocycles. The summed E-state index contributed by atoms with van der Waals surface area (Å²) in [6.45, 7) is 6.37. The molecule has 45 heteroatoms. The number of para-hydroxylation sites is 1. The third-order valence-corrected chi connectivity index (χ3v) is 26.3. The summed E-state index contributed by atoms with van der Waals surface area (Å²) < 4.78 is 0.822.